The van der Waals surface area contributed by atoms with Crippen LogP contribution in [0, 0.1) is 5.92 Å². The number of hydrogen-bond acceptors (Lipinski definition) is 6. The first-order valence-electron chi connectivity index (χ1n) is 18.0. The lowest BCUT2D eigenvalue weighted by Gasteiger charge is -2.40. The van der Waals surface area contributed by atoms with Crippen molar-refractivity contribution in [2.75, 3.05) is 46.4 Å². The van der Waals surface area contributed by atoms with Gasteiger partial charge >= 0.3 is 0 Å². The van der Waals surface area contributed by atoms with E-state index in [0.717, 1.165) is 62.6 Å². The molecular weight excluding hydrogens is 582 g/mol. The van der Waals surface area contributed by atoms with Crippen LogP contribution < -0.4 is 10.5 Å². The number of nitrogens with two attached hydrogens (primary N) is 1. The Bertz CT molecular complexity index is 1320. The van der Waals surface area contributed by atoms with Gasteiger partial charge in [-0.3, -0.25) is 19.6 Å². The van der Waals surface area contributed by atoms with Gasteiger partial charge in [-0.25, -0.2) is 0 Å². The van der Waals surface area contributed by atoms with Gasteiger partial charge < -0.3 is 15.4 Å². The number of carbonyl (C=O) groups excluding carboxylic acids is 1. The highest BCUT2D eigenvalue weighted by atomic mass is 16.5. The van der Waals surface area contributed by atoms with Crippen LogP contribution in [0.4, 0.5) is 0 Å². The number of ether oxygens (including phenoxy) is 1. The number of pyridine rings is 1. The van der Waals surface area contributed by atoms with Gasteiger partial charge in [0.05, 0.1) is 7.11 Å². The van der Waals surface area contributed by atoms with E-state index in [1.165, 1.54) is 57.1 Å². The summed E-state index contributed by atoms with van der Waals surface area (Å²) in [6.45, 7) is 12.1. The van der Waals surface area contributed by atoms with Crippen molar-refractivity contribution in [2.45, 2.75) is 89.3 Å². The Hall–Kier alpha value is -3.26. The molecule has 254 valence electrons. The highest BCUT2D eigenvalue weighted by Crippen LogP contribution is 2.43. The molecule has 2 aromatic carbocycles. The number of aromatic nitrogens is 1. The summed E-state index contributed by atoms with van der Waals surface area (Å²) < 4.78 is 5.54. The van der Waals surface area contributed by atoms with Gasteiger partial charge in [0.15, 0.2) is 0 Å². The second-order valence-electron chi connectivity index (χ2n) is 14.0. The summed E-state index contributed by atoms with van der Waals surface area (Å²) in [4.78, 5) is 25.5. The first kappa shape index (κ1) is 35.1. The van der Waals surface area contributed by atoms with Gasteiger partial charge in [-0.05, 0) is 102 Å². The number of benzene rings is 2. The normalized spacial score (nSPS) is 18.3. The summed E-state index contributed by atoms with van der Waals surface area (Å²) >= 11 is 0. The summed E-state index contributed by atoms with van der Waals surface area (Å²) in [6.07, 6.45) is 13.5. The molecule has 7 heteroatoms. The van der Waals surface area contributed by atoms with Crippen LogP contribution in [-0.2, 0) is 16.8 Å². The fourth-order valence-electron chi connectivity index (χ4n) is 8.32. The number of piperidine rings is 1. The predicted octanol–water partition coefficient (Wildman–Crippen LogP) is 6.51. The maximum atomic E-state index is 13.4. The van der Waals surface area contributed by atoms with E-state index in [0.29, 0.717) is 12.1 Å². The minimum Gasteiger partial charge on any atom is -0.496 e. The summed E-state index contributed by atoms with van der Waals surface area (Å²) in [6, 6.07) is 23.6. The molecule has 5 rings (SSSR count). The van der Waals surface area contributed by atoms with E-state index in [4.69, 9.17) is 10.5 Å². The Morgan fingerprint density at radius 2 is 1.51 bits per heavy atom. The Morgan fingerprint density at radius 1 is 0.894 bits per heavy atom. The molecule has 2 saturated heterocycles. The van der Waals surface area contributed by atoms with Crippen molar-refractivity contribution in [3.63, 3.8) is 0 Å². The largest absolute Gasteiger partial charge is 0.496 e. The first-order chi connectivity index (χ1) is 22.9. The van der Waals surface area contributed by atoms with Gasteiger partial charge in [0, 0.05) is 43.1 Å². The van der Waals surface area contributed by atoms with Crippen molar-refractivity contribution in [3.05, 3.63) is 95.8 Å². The number of nitrogens with zero attached hydrogens (tertiary/aromatic N) is 4. The molecule has 0 bridgehead atoms. The van der Waals surface area contributed by atoms with Crippen LogP contribution in [-0.4, -0.2) is 84.1 Å². The standard InChI is InChI=1S/C40H57N5O2/c1-32(2)45(37-21-27-44(28-22-37)30-33-29-42-23-19-38(33)47-3)25-14-6-4-5-13-24-43-26-20-36(31-43)40(39(41)46,34-15-9-7-10-16-34)35-17-11-8-12-18-35/h7-12,15-19,23,29,32,36-37H,4-6,13-14,20-22,24-28,30-31H2,1-3H3,(H2,41,46). The van der Waals surface area contributed by atoms with Crippen molar-refractivity contribution in [1.82, 2.24) is 19.7 Å². The molecule has 0 radical (unpaired) electrons. The van der Waals surface area contributed by atoms with E-state index < -0.39 is 5.41 Å². The molecule has 2 aliphatic heterocycles. The maximum Gasteiger partial charge on any atom is 0.232 e. The monoisotopic (exact) mass is 639 g/mol. The molecule has 1 atom stereocenters. The van der Waals surface area contributed by atoms with Crippen LogP contribution >= 0.6 is 0 Å². The molecule has 3 aromatic rings. The molecule has 0 spiro atoms. The summed E-state index contributed by atoms with van der Waals surface area (Å²) in [7, 11) is 1.74. The third kappa shape index (κ3) is 8.62. The molecule has 2 N–H and O–H groups in total. The van der Waals surface area contributed by atoms with Crippen LogP contribution in [0.3, 0.4) is 0 Å². The third-order valence-electron chi connectivity index (χ3n) is 10.8. The zero-order chi connectivity index (χ0) is 33.1. The van der Waals surface area contributed by atoms with E-state index in [1.807, 2.05) is 48.7 Å². The van der Waals surface area contributed by atoms with E-state index in [-0.39, 0.29) is 11.8 Å². The molecule has 0 saturated carbocycles. The van der Waals surface area contributed by atoms with Crippen LogP contribution in [0.15, 0.2) is 79.1 Å². The average Bonchev–Trinajstić information content (AvgIpc) is 3.56. The van der Waals surface area contributed by atoms with E-state index in [2.05, 4.69) is 57.8 Å². The first-order valence-corrected chi connectivity index (χ1v) is 18.0. The number of rotatable bonds is 17. The Morgan fingerprint density at radius 3 is 2.13 bits per heavy atom. The van der Waals surface area contributed by atoms with Crippen molar-refractivity contribution in [2.24, 2.45) is 11.7 Å². The minimum atomic E-state index is -0.802. The van der Waals surface area contributed by atoms with Crippen molar-refractivity contribution < 1.29 is 9.53 Å². The lowest BCUT2D eigenvalue weighted by atomic mass is 9.64. The van der Waals surface area contributed by atoms with E-state index in [9.17, 15) is 4.79 Å². The van der Waals surface area contributed by atoms with Gasteiger partial charge in [0.25, 0.3) is 0 Å². The van der Waals surface area contributed by atoms with E-state index >= 15 is 0 Å². The zero-order valence-corrected chi connectivity index (χ0v) is 29.0. The summed E-state index contributed by atoms with van der Waals surface area (Å²) in [5.74, 6) is 0.858. The van der Waals surface area contributed by atoms with Crippen LogP contribution in [0.25, 0.3) is 0 Å². The maximum absolute atomic E-state index is 13.4. The smallest absolute Gasteiger partial charge is 0.232 e. The lowest BCUT2D eigenvalue weighted by molar-refractivity contribution is -0.123. The van der Waals surface area contributed by atoms with Crippen molar-refractivity contribution in [3.8, 4) is 5.75 Å². The Labute approximate surface area is 283 Å². The number of carbonyl (C=O) groups is 1. The van der Waals surface area contributed by atoms with Gasteiger partial charge in [0.2, 0.25) is 5.91 Å². The van der Waals surface area contributed by atoms with Gasteiger partial charge in [-0.2, -0.15) is 0 Å². The number of likely N-dealkylation sites (tertiary alicyclic amines) is 2. The fraction of sp³-hybridized carbons (Fsp3) is 0.550. The minimum absolute atomic E-state index is 0.164. The number of methoxy groups -OCH3 is 1. The lowest BCUT2D eigenvalue weighted by Crippen LogP contribution is -2.49. The number of amides is 1. The van der Waals surface area contributed by atoms with Gasteiger partial charge in [-0.1, -0.05) is 79.9 Å². The van der Waals surface area contributed by atoms with Gasteiger partial charge in [0.1, 0.15) is 11.2 Å². The number of unbranched alkanes of at least 4 members (excludes halogenated alkanes) is 4. The predicted molar refractivity (Wildman–Crippen MR) is 191 cm³/mol. The molecule has 47 heavy (non-hydrogen) atoms. The summed E-state index contributed by atoms with van der Waals surface area (Å²) in [5, 5.41) is 0. The van der Waals surface area contributed by atoms with Gasteiger partial charge in [-0.15, -0.1) is 0 Å². The Balaban J connectivity index is 1.03. The molecule has 1 unspecified atom stereocenters. The van der Waals surface area contributed by atoms with Crippen LogP contribution in [0.1, 0.15) is 81.9 Å². The highest BCUT2D eigenvalue weighted by Gasteiger charge is 2.49. The molecule has 2 aliphatic rings. The zero-order valence-electron chi connectivity index (χ0n) is 29.0. The van der Waals surface area contributed by atoms with Crippen LogP contribution in [0.5, 0.6) is 5.75 Å². The topological polar surface area (TPSA) is 74.9 Å². The summed E-state index contributed by atoms with van der Waals surface area (Å²) in [5.41, 5.74) is 8.69. The highest BCUT2D eigenvalue weighted by molar-refractivity contribution is 5.91. The molecule has 0 aliphatic carbocycles. The van der Waals surface area contributed by atoms with E-state index in [1.54, 1.807) is 13.3 Å². The van der Waals surface area contributed by atoms with Crippen LogP contribution in [0.2, 0.25) is 0 Å². The second kappa shape index (κ2) is 17.2. The molecule has 1 aromatic heterocycles. The Kier molecular flexibility index (Phi) is 12.9. The quantitative estimate of drug-likeness (QED) is 0.170. The third-order valence-corrected chi connectivity index (χ3v) is 10.8. The fourth-order valence-corrected chi connectivity index (χ4v) is 8.32. The van der Waals surface area contributed by atoms with Crippen molar-refractivity contribution >= 4 is 5.91 Å². The molecule has 7 nitrogen and oxygen atoms in total. The average molecular weight is 640 g/mol. The van der Waals surface area contributed by atoms with Crippen molar-refractivity contribution in [1.29, 1.82) is 0 Å². The number of primary amides is 1. The second-order valence-corrected chi connectivity index (χ2v) is 14.0. The molecular formula is C40H57N5O2. The molecule has 3 heterocycles. The SMILES string of the molecule is COc1ccncc1CN1CCC(N(CCCCCCCN2CCC(C(C(N)=O)(c3ccccc3)c3ccccc3)C2)C(C)C)CC1. The molecule has 1 amide bonds. The number of hydrogen-bond donors (Lipinski definition) is 1. The molecule has 2 fully saturated rings.